The molecule has 33 heavy (non-hydrogen) atoms. The molecule has 0 aliphatic rings. The van der Waals surface area contributed by atoms with Crippen molar-refractivity contribution in [1.82, 2.24) is 20.7 Å². The Morgan fingerprint density at radius 2 is 1.94 bits per heavy atom. The molecule has 3 N–H and O–H groups in total. The molecule has 174 valence electrons. The molecule has 0 aliphatic heterocycles. The van der Waals surface area contributed by atoms with E-state index < -0.39 is 15.9 Å². The van der Waals surface area contributed by atoms with Crippen molar-refractivity contribution >= 4 is 56.2 Å². The molecule has 2 heterocycles. The molecule has 0 aliphatic carbocycles. The Bertz CT molecular complexity index is 1240. The molecule has 0 unspecified atom stereocenters. The summed E-state index contributed by atoms with van der Waals surface area (Å²) < 4.78 is 25.4. The van der Waals surface area contributed by atoms with Crippen molar-refractivity contribution in [1.29, 1.82) is 0 Å². The second-order valence-electron chi connectivity index (χ2n) is 6.73. The first-order chi connectivity index (χ1) is 15.7. The number of carbonyl (C=O) groups excluding carboxylic acids is 1. The monoisotopic (exact) mass is 491 g/mol. The van der Waals surface area contributed by atoms with Crippen LogP contribution in [0.25, 0.3) is 0 Å². The molecule has 11 nitrogen and oxygen atoms in total. The van der Waals surface area contributed by atoms with Gasteiger partial charge in [0.25, 0.3) is 5.91 Å². The van der Waals surface area contributed by atoms with Gasteiger partial charge in [0, 0.05) is 30.5 Å². The van der Waals surface area contributed by atoms with Crippen LogP contribution >= 0.6 is 11.6 Å². The van der Waals surface area contributed by atoms with Gasteiger partial charge in [0.05, 0.1) is 35.5 Å². The SMILES string of the molecule is CCONC(=O)c1cnc(Nc2cccnn2)cc1Nc1ccc(Cl)cc1N(C)S(C)(=O)=O. The van der Waals surface area contributed by atoms with Crippen LogP contribution in [-0.2, 0) is 14.9 Å². The van der Waals surface area contributed by atoms with Crippen molar-refractivity contribution in [2.45, 2.75) is 6.92 Å². The average Bonchev–Trinajstić information content (AvgIpc) is 2.78. The zero-order valence-corrected chi connectivity index (χ0v) is 19.6. The van der Waals surface area contributed by atoms with E-state index >= 15 is 0 Å². The summed E-state index contributed by atoms with van der Waals surface area (Å²) >= 11 is 6.11. The second-order valence-corrected chi connectivity index (χ2v) is 9.18. The predicted octanol–water partition coefficient (Wildman–Crippen LogP) is 3.09. The van der Waals surface area contributed by atoms with Gasteiger partial charge in [0.2, 0.25) is 10.0 Å². The van der Waals surface area contributed by atoms with Crippen LogP contribution in [0.5, 0.6) is 0 Å². The summed E-state index contributed by atoms with van der Waals surface area (Å²) in [7, 11) is -2.17. The Kier molecular flexibility index (Phi) is 7.63. The van der Waals surface area contributed by atoms with Gasteiger partial charge in [-0.05, 0) is 37.3 Å². The molecule has 3 aromatic rings. The number of nitrogens with zero attached hydrogens (tertiary/aromatic N) is 4. The van der Waals surface area contributed by atoms with Crippen LogP contribution in [0.3, 0.4) is 0 Å². The molecule has 0 fully saturated rings. The van der Waals surface area contributed by atoms with Crippen LogP contribution in [0.2, 0.25) is 5.02 Å². The molecule has 3 rings (SSSR count). The summed E-state index contributed by atoms with van der Waals surface area (Å²) in [5.41, 5.74) is 3.51. The Morgan fingerprint density at radius 1 is 1.15 bits per heavy atom. The number of amides is 1. The van der Waals surface area contributed by atoms with Crippen LogP contribution in [-0.4, -0.2) is 49.4 Å². The van der Waals surface area contributed by atoms with E-state index in [4.69, 9.17) is 16.4 Å². The number of hydroxylamine groups is 1. The highest BCUT2D eigenvalue weighted by Gasteiger charge is 2.19. The first kappa shape index (κ1) is 24.2. The zero-order valence-electron chi connectivity index (χ0n) is 18.0. The Hall–Kier alpha value is -3.48. The standard InChI is InChI=1S/C20H22ClN7O4S/c1-4-32-27-20(29)14-12-22-19(25-18-6-5-9-23-26-18)11-16(14)24-15-8-7-13(21)10-17(15)28(2)33(3,30)31/h5-12H,4H2,1-3H3,(H,27,29)(H2,22,24,25,26). The summed E-state index contributed by atoms with van der Waals surface area (Å²) in [5, 5.41) is 14.2. The van der Waals surface area contributed by atoms with Gasteiger partial charge in [-0.15, -0.1) is 5.10 Å². The molecular weight excluding hydrogens is 470 g/mol. The molecule has 0 atom stereocenters. The number of pyridine rings is 1. The number of rotatable bonds is 9. The smallest absolute Gasteiger partial charge is 0.278 e. The van der Waals surface area contributed by atoms with Gasteiger partial charge in [0.1, 0.15) is 5.82 Å². The van der Waals surface area contributed by atoms with E-state index in [1.165, 1.54) is 25.5 Å². The maximum atomic E-state index is 12.6. The van der Waals surface area contributed by atoms with Gasteiger partial charge < -0.3 is 10.6 Å². The first-order valence-electron chi connectivity index (χ1n) is 9.66. The van der Waals surface area contributed by atoms with Crippen LogP contribution < -0.4 is 20.4 Å². The molecule has 0 spiro atoms. The molecule has 0 saturated heterocycles. The van der Waals surface area contributed by atoms with Gasteiger partial charge in [-0.2, -0.15) is 5.10 Å². The Morgan fingerprint density at radius 3 is 2.61 bits per heavy atom. The number of anilines is 5. The third kappa shape index (κ3) is 6.28. The van der Waals surface area contributed by atoms with Crippen molar-refractivity contribution in [3.8, 4) is 0 Å². The highest BCUT2D eigenvalue weighted by atomic mass is 35.5. The number of hydrogen-bond acceptors (Lipinski definition) is 9. The second kappa shape index (κ2) is 10.4. The summed E-state index contributed by atoms with van der Waals surface area (Å²) in [6.45, 7) is 2.00. The molecule has 2 aromatic heterocycles. The number of carbonyl (C=O) groups is 1. The van der Waals surface area contributed by atoms with Gasteiger partial charge in [-0.1, -0.05) is 11.6 Å². The minimum Gasteiger partial charge on any atom is -0.353 e. The van der Waals surface area contributed by atoms with Gasteiger partial charge in [-0.25, -0.2) is 18.9 Å². The summed E-state index contributed by atoms with van der Waals surface area (Å²) in [6, 6.07) is 9.71. The van der Waals surface area contributed by atoms with Gasteiger partial charge >= 0.3 is 0 Å². The van der Waals surface area contributed by atoms with E-state index in [1.807, 2.05) is 0 Å². The van der Waals surface area contributed by atoms with Crippen molar-refractivity contribution in [3.63, 3.8) is 0 Å². The lowest BCUT2D eigenvalue weighted by Crippen LogP contribution is -2.26. The highest BCUT2D eigenvalue weighted by Crippen LogP contribution is 2.34. The van der Waals surface area contributed by atoms with E-state index in [0.717, 1.165) is 10.6 Å². The number of hydrogen-bond donors (Lipinski definition) is 3. The van der Waals surface area contributed by atoms with Crippen LogP contribution in [0.1, 0.15) is 17.3 Å². The van der Waals surface area contributed by atoms with Crippen molar-refractivity contribution in [3.05, 3.63) is 59.4 Å². The van der Waals surface area contributed by atoms with Crippen LogP contribution in [0, 0.1) is 0 Å². The van der Waals surface area contributed by atoms with E-state index in [1.54, 1.807) is 37.3 Å². The summed E-state index contributed by atoms with van der Waals surface area (Å²) in [4.78, 5) is 21.9. The van der Waals surface area contributed by atoms with E-state index in [0.29, 0.717) is 33.7 Å². The summed E-state index contributed by atoms with van der Waals surface area (Å²) in [6.07, 6.45) is 3.96. The average molecular weight is 492 g/mol. The highest BCUT2D eigenvalue weighted by molar-refractivity contribution is 7.92. The quantitative estimate of drug-likeness (QED) is 0.385. The largest absolute Gasteiger partial charge is 0.353 e. The number of sulfonamides is 1. The molecule has 0 saturated carbocycles. The summed E-state index contributed by atoms with van der Waals surface area (Å²) in [5.74, 6) is 0.286. The van der Waals surface area contributed by atoms with Crippen molar-refractivity contribution < 1.29 is 18.0 Å². The van der Waals surface area contributed by atoms with Crippen molar-refractivity contribution in [2.75, 3.05) is 34.8 Å². The lowest BCUT2D eigenvalue weighted by molar-refractivity contribution is 0.0365. The Balaban J connectivity index is 2.04. The lowest BCUT2D eigenvalue weighted by atomic mass is 10.2. The van der Waals surface area contributed by atoms with E-state index in [-0.39, 0.29) is 12.2 Å². The number of nitrogens with one attached hydrogen (secondary N) is 3. The normalized spacial score (nSPS) is 11.0. The van der Waals surface area contributed by atoms with Crippen LogP contribution in [0.4, 0.5) is 28.7 Å². The van der Waals surface area contributed by atoms with Gasteiger partial charge in [0.15, 0.2) is 5.82 Å². The Labute approximate surface area is 196 Å². The number of halogens is 1. The first-order valence-corrected chi connectivity index (χ1v) is 11.9. The third-order valence-electron chi connectivity index (χ3n) is 4.35. The fourth-order valence-electron chi connectivity index (χ4n) is 2.69. The van der Waals surface area contributed by atoms with E-state index in [9.17, 15) is 13.2 Å². The lowest BCUT2D eigenvalue weighted by Gasteiger charge is -2.22. The predicted molar refractivity (Wildman–Crippen MR) is 127 cm³/mol. The number of aromatic nitrogens is 3. The fourth-order valence-corrected chi connectivity index (χ4v) is 3.37. The molecule has 0 bridgehead atoms. The fraction of sp³-hybridized carbons (Fsp3) is 0.200. The molecular formula is C20H22ClN7O4S. The maximum Gasteiger partial charge on any atom is 0.278 e. The molecule has 1 aromatic carbocycles. The number of benzene rings is 1. The zero-order chi connectivity index (χ0) is 24.0. The molecule has 13 heteroatoms. The van der Waals surface area contributed by atoms with Gasteiger partial charge in [-0.3, -0.25) is 13.9 Å². The topological polar surface area (TPSA) is 138 Å². The third-order valence-corrected chi connectivity index (χ3v) is 5.78. The molecule has 1 amide bonds. The van der Waals surface area contributed by atoms with Crippen molar-refractivity contribution in [2.24, 2.45) is 0 Å². The van der Waals surface area contributed by atoms with E-state index in [2.05, 4.69) is 31.3 Å². The minimum absolute atomic E-state index is 0.163. The van der Waals surface area contributed by atoms with Crippen LogP contribution in [0.15, 0.2) is 48.8 Å². The minimum atomic E-state index is -3.58. The maximum absolute atomic E-state index is 12.6. The molecule has 0 radical (unpaired) electrons.